The summed E-state index contributed by atoms with van der Waals surface area (Å²) >= 11 is 0. The number of piperidine rings is 1. The minimum absolute atomic E-state index is 0.0895. The first kappa shape index (κ1) is 18.7. The van der Waals surface area contributed by atoms with Crippen LogP contribution in [0.1, 0.15) is 18.4 Å². The topological polar surface area (TPSA) is 53.1 Å². The highest BCUT2D eigenvalue weighted by atomic mass is 32.2. The smallest absolute Gasteiger partial charge is 0.282 e. The lowest BCUT2D eigenvalue weighted by Gasteiger charge is -2.39. The third kappa shape index (κ3) is 4.38. The van der Waals surface area contributed by atoms with Crippen LogP contribution >= 0.6 is 0 Å². The first-order valence-electron chi connectivity index (χ1n) is 8.75. The van der Waals surface area contributed by atoms with Gasteiger partial charge in [0.25, 0.3) is 10.2 Å². The predicted octanol–water partition coefficient (Wildman–Crippen LogP) is 1.30. The van der Waals surface area contributed by atoms with Gasteiger partial charge >= 0.3 is 0 Å². The van der Waals surface area contributed by atoms with Gasteiger partial charge in [0.2, 0.25) is 0 Å². The fourth-order valence-corrected chi connectivity index (χ4v) is 5.01. The first-order valence-corrected chi connectivity index (χ1v) is 10.1. The van der Waals surface area contributed by atoms with E-state index in [0.29, 0.717) is 45.0 Å². The SMILES string of the molecule is CN(C1CCCN(Cc2ccccc2F)C1)S(=O)(=O)N1CCOCC1. The Kier molecular flexibility index (Phi) is 6.06. The molecular weight excluding hydrogens is 345 g/mol. The van der Waals surface area contributed by atoms with E-state index in [4.69, 9.17) is 4.74 Å². The molecule has 0 saturated carbocycles. The maximum atomic E-state index is 13.9. The highest BCUT2D eigenvalue weighted by Crippen LogP contribution is 2.22. The van der Waals surface area contributed by atoms with Gasteiger partial charge in [0.15, 0.2) is 0 Å². The summed E-state index contributed by atoms with van der Waals surface area (Å²) in [6.45, 7) is 3.67. The summed E-state index contributed by atoms with van der Waals surface area (Å²) < 4.78 is 47.8. The van der Waals surface area contributed by atoms with Gasteiger partial charge in [-0.2, -0.15) is 17.0 Å². The number of morpholine rings is 1. The van der Waals surface area contributed by atoms with Crippen LogP contribution in [-0.4, -0.2) is 74.4 Å². The minimum atomic E-state index is -3.48. The number of likely N-dealkylation sites (tertiary alicyclic amines) is 1. The molecule has 0 bridgehead atoms. The summed E-state index contributed by atoms with van der Waals surface area (Å²) in [5, 5.41) is 0. The molecule has 3 rings (SSSR count). The average molecular weight is 371 g/mol. The third-order valence-corrected chi connectivity index (χ3v) is 7.05. The molecule has 0 radical (unpaired) electrons. The van der Waals surface area contributed by atoms with Crippen molar-refractivity contribution in [1.82, 2.24) is 13.5 Å². The summed E-state index contributed by atoms with van der Waals surface area (Å²) in [5.41, 5.74) is 0.654. The zero-order chi connectivity index (χ0) is 17.9. The Bertz CT molecular complexity index is 679. The zero-order valence-electron chi connectivity index (χ0n) is 14.6. The Balaban J connectivity index is 1.65. The lowest BCUT2D eigenvalue weighted by molar-refractivity contribution is 0.0680. The van der Waals surface area contributed by atoms with Crippen LogP contribution in [0.2, 0.25) is 0 Å². The molecule has 0 spiro atoms. The summed E-state index contributed by atoms with van der Waals surface area (Å²) in [6, 6.07) is 6.67. The van der Waals surface area contributed by atoms with Crippen LogP contribution in [0.3, 0.4) is 0 Å². The van der Waals surface area contributed by atoms with Crippen molar-refractivity contribution in [3.63, 3.8) is 0 Å². The lowest BCUT2D eigenvalue weighted by atomic mass is 10.0. The van der Waals surface area contributed by atoms with Crippen LogP contribution in [0, 0.1) is 5.82 Å². The Morgan fingerprint density at radius 3 is 2.68 bits per heavy atom. The number of benzene rings is 1. The number of ether oxygens (including phenoxy) is 1. The largest absolute Gasteiger partial charge is 0.379 e. The number of likely N-dealkylation sites (N-methyl/N-ethyl adjacent to an activating group) is 1. The van der Waals surface area contributed by atoms with E-state index in [2.05, 4.69) is 4.90 Å². The first-order chi connectivity index (χ1) is 12.0. The minimum Gasteiger partial charge on any atom is -0.379 e. The van der Waals surface area contributed by atoms with Gasteiger partial charge in [0.05, 0.1) is 13.2 Å². The molecule has 0 aliphatic carbocycles. The molecule has 25 heavy (non-hydrogen) atoms. The average Bonchev–Trinajstić information content (AvgIpc) is 2.64. The van der Waals surface area contributed by atoms with Crippen LogP contribution < -0.4 is 0 Å². The molecule has 0 N–H and O–H groups in total. The lowest BCUT2D eigenvalue weighted by Crippen LogP contribution is -2.54. The van der Waals surface area contributed by atoms with E-state index in [0.717, 1.165) is 19.4 Å². The zero-order valence-corrected chi connectivity index (χ0v) is 15.4. The molecule has 0 aromatic heterocycles. The molecule has 1 atom stereocenters. The Hall–Kier alpha value is -1.06. The van der Waals surface area contributed by atoms with Gasteiger partial charge in [-0.1, -0.05) is 18.2 Å². The maximum Gasteiger partial charge on any atom is 0.282 e. The third-order valence-electron chi connectivity index (χ3n) is 5.01. The molecule has 0 amide bonds. The molecule has 2 fully saturated rings. The Morgan fingerprint density at radius 1 is 1.24 bits per heavy atom. The Labute approximate surface area is 149 Å². The van der Waals surface area contributed by atoms with E-state index < -0.39 is 10.2 Å². The van der Waals surface area contributed by atoms with Gasteiger partial charge < -0.3 is 4.74 Å². The fourth-order valence-electron chi connectivity index (χ4n) is 3.49. The number of hydrogen-bond donors (Lipinski definition) is 0. The van der Waals surface area contributed by atoms with Gasteiger partial charge in [-0.3, -0.25) is 4.90 Å². The summed E-state index contributed by atoms with van der Waals surface area (Å²) in [4.78, 5) is 2.14. The van der Waals surface area contributed by atoms with E-state index >= 15 is 0 Å². The highest BCUT2D eigenvalue weighted by Gasteiger charge is 2.35. The van der Waals surface area contributed by atoms with Gasteiger partial charge in [0.1, 0.15) is 5.82 Å². The number of rotatable bonds is 5. The van der Waals surface area contributed by atoms with E-state index in [1.165, 1.54) is 14.7 Å². The molecular formula is C17H26FN3O3S. The number of halogens is 1. The Morgan fingerprint density at radius 2 is 1.96 bits per heavy atom. The van der Waals surface area contributed by atoms with E-state index in [9.17, 15) is 12.8 Å². The van der Waals surface area contributed by atoms with Crippen molar-refractivity contribution in [1.29, 1.82) is 0 Å². The molecule has 6 nitrogen and oxygen atoms in total. The molecule has 2 saturated heterocycles. The van der Waals surface area contributed by atoms with Crippen molar-refractivity contribution in [2.24, 2.45) is 0 Å². The van der Waals surface area contributed by atoms with Crippen molar-refractivity contribution in [3.8, 4) is 0 Å². The second kappa shape index (κ2) is 8.09. The van der Waals surface area contributed by atoms with Crippen LogP contribution in [0.25, 0.3) is 0 Å². The molecule has 1 aromatic carbocycles. The van der Waals surface area contributed by atoms with E-state index in [-0.39, 0.29) is 11.9 Å². The molecule has 1 aromatic rings. The monoisotopic (exact) mass is 371 g/mol. The van der Waals surface area contributed by atoms with Gasteiger partial charge in [0, 0.05) is 44.8 Å². The normalized spacial score (nSPS) is 23.9. The van der Waals surface area contributed by atoms with Crippen molar-refractivity contribution in [2.75, 3.05) is 46.4 Å². The molecule has 2 heterocycles. The van der Waals surface area contributed by atoms with Crippen molar-refractivity contribution < 1.29 is 17.5 Å². The molecule has 8 heteroatoms. The van der Waals surface area contributed by atoms with Crippen molar-refractivity contribution in [3.05, 3.63) is 35.6 Å². The van der Waals surface area contributed by atoms with Crippen LogP contribution in [-0.2, 0) is 21.5 Å². The van der Waals surface area contributed by atoms with E-state index in [1.54, 1.807) is 19.2 Å². The van der Waals surface area contributed by atoms with Gasteiger partial charge in [-0.15, -0.1) is 0 Å². The van der Waals surface area contributed by atoms with Crippen LogP contribution in [0.15, 0.2) is 24.3 Å². The quantitative estimate of drug-likeness (QED) is 0.783. The predicted molar refractivity (Wildman–Crippen MR) is 93.8 cm³/mol. The standard InChI is InChI=1S/C17H26FN3O3S/c1-19(25(22,23)21-9-11-24-12-10-21)16-6-4-8-20(14-16)13-15-5-2-3-7-17(15)18/h2-3,5,7,16H,4,6,8-14H2,1H3. The van der Waals surface area contributed by atoms with Crippen molar-refractivity contribution >= 4 is 10.2 Å². The van der Waals surface area contributed by atoms with Crippen LogP contribution in [0.5, 0.6) is 0 Å². The molecule has 140 valence electrons. The highest BCUT2D eigenvalue weighted by molar-refractivity contribution is 7.86. The van der Waals surface area contributed by atoms with Crippen LogP contribution in [0.4, 0.5) is 4.39 Å². The number of hydrogen-bond acceptors (Lipinski definition) is 4. The molecule has 1 unspecified atom stereocenters. The van der Waals surface area contributed by atoms with Gasteiger partial charge in [-0.25, -0.2) is 4.39 Å². The fraction of sp³-hybridized carbons (Fsp3) is 0.647. The summed E-state index contributed by atoms with van der Waals surface area (Å²) in [5.74, 6) is -0.209. The molecule has 2 aliphatic heterocycles. The summed E-state index contributed by atoms with van der Waals surface area (Å²) in [7, 11) is -1.83. The van der Waals surface area contributed by atoms with E-state index in [1.807, 2.05) is 6.07 Å². The maximum absolute atomic E-state index is 13.9. The second-order valence-corrected chi connectivity index (χ2v) is 8.65. The van der Waals surface area contributed by atoms with Gasteiger partial charge in [-0.05, 0) is 25.5 Å². The summed E-state index contributed by atoms with van der Waals surface area (Å²) in [6.07, 6.45) is 1.73. The second-order valence-electron chi connectivity index (χ2n) is 6.66. The number of nitrogens with zero attached hydrogens (tertiary/aromatic N) is 3. The molecule has 2 aliphatic rings. The van der Waals surface area contributed by atoms with Crippen molar-refractivity contribution in [2.45, 2.75) is 25.4 Å².